The molecule has 2 heterocycles. The Balaban J connectivity index is 2.06. The summed E-state index contributed by atoms with van der Waals surface area (Å²) in [7, 11) is -3.26. The molecule has 2 rings (SSSR count). The van der Waals surface area contributed by atoms with E-state index in [0.717, 1.165) is 0 Å². The molecule has 0 aromatic rings. The second-order valence-corrected chi connectivity index (χ2v) is 7.38. The van der Waals surface area contributed by atoms with E-state index in [-0.39, 0.29) is 17.3 Å². The Hall–Kier alpha value is -0.750. The average Bonchev–Trinajstić information content (AvgIpc) is 2.40. The van der Waals surface area contributed by atoms with Crippen LogP contribution in [0.3, 0.4) is 0 Å². The van der Waals surface area contributed by atoms with E-state index in [0.29, 0.717) is 45.4 Å². The van der Waals surface area contributed by atoms with Gasteiger partial charge in [0, 0.05) is 25.8 Å². The quantitative estimate of drug-likeness (QED) is 0.565. The number of hydrogen-bond donors (Lipinski definition) is 0. The van der Waals surface area contributed by atoms with Crippen LogP contribution in [0.15, 0.2) is 4.99 Å². The van der Waals surface area contributed by atoms with Gasteiger partial charge >= 0.3 is 0 Å². The zero-order valence-electron chi connectivity index (χ0n) is 11.1. The van der Waals surface area contributed by atoms with Gasteiger partial charge in [0.2, 0.25) is 16.1 Å². The Morgan fingerprint density at radius 2 is 1.95 bits per heavy atom. The highest BCUT2D eigenvalue weighted by atomic mass is 32.2. The Morgan fingerprint density at radius 3 is 2.53 bits per heavy atom. The lowest BCUT2D eigenvalue weighted by Gasteiger charge is -2.37. The molecule has 2 aliphatic heterocycles. The molecular formula is C12H20N2O4S. The molecular weight excluding hydrogens is 268 g/mol. The van der Waals surface area contributed by atoms with E-state index in [9.17, 15) is 13.2 Å². The topological polar surface area (TPSA) is 76.0 Å². The molecule has 0 aromatic carbocycles. The number of piperidine rings is 1. The van der Waals surface area contributed by atoms with Crippen molar-refractivity contribution in [3.05, 3.63) is 0 Å². The molecule has 108 valence electrons. The van der Waals surface area contributed by atoms with E-state index in [4.69, 9.17) is 4.74 Å². The molecule has 0 aromatic heterocycles. The van der Waals surface area contributed by atoms with Gasteiger partial charge in [0.25, 0.3) is 0 Å². The van der Waals surface area contributed by atoms with Gasteiger partial charge in [0.05, 0.1) is 11.3 Å². The molecule has 19 heavy (non-hydrogen) atoms. The number of hydrogen-bond acceptors (Lipinski definition) is 5. The second-order valence-electron chi connectivity index (χ2n) is 5.22. The fraction of sp³-hybridized carbons (Fsp3) is 0.917. The van der Waals surface area contributed by atoms with Crippen LogP contribution in [0, 0.1) is 0 Å². The summed E-state index contributed by atoms with van der Waals surface area (Å²) in [6.07, 6.45) is 3.90. The van der Waals surface area contributed by atoms with Crippen molar-refractivity contribution in [3.8, 4) is 0 Å². The van der Waals surface area contributed by atoms with E-state index >= 15 is 0 Å². The maximum absolute atomic E-state index is 12.6. The summed E-state index contributed by atoms with van der Waals surface area (Å²) in [6, 6.07) is -0.197. The van der Waals surface area contributed by atoms with Crippen molar-refractivity contribution in [2.45, 2.75) is 49.9 Å². The third-order valence-electron chi connectivity index (χ3n) is 3.94. The Kier molecular flexibility index (Phi) is 4.73. The van der Waals surface area contributed by atoms with Gasteiger partial charge in [0.1, 0.15) is 0 Å². The molecule has 6 nitrogen and oxygen atoms in total. The molecule has 2 aliphatic rings. The molecule has 0 radical (unpaired) electrons. The van der Waals surface area contributed by atoms with Crippen LogP contribution in [-0.2, 0) is 19.6 Å². The van der Waals surface area contributed by atoms with Crippen LogP contribution in [0.5, 0.6) is 0 Å². The number of rotatable bonds is 3. The monoisotopic (exact) mass is 288 g/mol. The van der Waals surface area contributed by atoms with Crippen molar-refractivity contribution in [1.29, 1.82) is 0 Å². The van der Waals surface area contributed by atoms with Gasteiger partial charge in [-0.25, -0.2) is 18.2 Å². The highest BCUT2D eigenvalue weighted by Crippen LogP contribution is 2.27. The molecule has 2 unspecified atom stereocenters. The second kappa shape index (κ2) is 6.13. The standard InChI is InChI=1S/C12H20N2O4S/c1-10-8-11(13-9-15)2-5-14(10)19(16,17)12-3-6-18-7-4-12/h10-12H,2-8H2,1H3. The molecule has 7 heteroatoms. The average molecular weight is 288 g/mol. The van der Waals surface area contributed by atoms with E-state index in [1.807, 2.05) is 6.92 Å². The zero-order chi connectivity index (χ0) is 13.9. The van der Waals surface area contributed by atoms with E-state index in [2.05, 4.69) is 4.99 Å². The first-order valence-electron chi connectivity index (χ1n) is 6.71. The fourth-order valence-corrected chi connectivity index (χ4v) is 4.98. The molecule has 2 fully saturated rings. The van der Waals surface area contributed by atoms with Gasteiger partial charge in [-0.3, -0.25) is 0 Å². The number of ether oxygens (including phenoxy) is 1. The summed E-state index contributed by atoms with van der Waals surface area (Å²) in [5, 5.41) is -0.324. The molecule has 0 amide bonds. The summed E-state index contributed by atoms with van der Waals surface area (Å²) < 4.78 is 32.0. The fourth-order valence-electron chi connectivity index (χ4n) is 2.86. The maximum atomic E-state index is 12.6. The van der Waals surface area contributed by atoms with Crippen molar-refractivity contribution in [3.63, 3.8) is 0 Å². The van der Waals surface area contributed by atoms with Crippen LogP contribution in [0.2, 0.25) is 0 Å². The molecule has 0 bridgehead atoms. The molecule has 2 saturated heterocycles. The lowest BCUT2D eigenvalue weighted by molar-refractivity contribution is 0.0962. The molecule has 0 spiro atoms. The summed E-state index contributed by atoms with van der Waals surface area (Å²) in [6.45, 7) is 3.36. The Labute approximate surface area is 113 Å². The van der Waals surface area contributed by atoms with Crippen molar-refractivity contribution in [2.75, 3.05) is 19.8 Å². The van der Waals surface area contributed by atoms with Crippen LogP contribution in [0.1, 0.15) is 32.6 Å². The van der Waals surface area contributed by atoms with Crippen LogP contribution >= 0.6 is 0 Å². The lowest BCUT2D eigenvalue weighted by atomic mass is 10.0. The first-order chi connectivity index (χ1) is 9.05. The number of nitrogens with zero attached hydrogens (tertiary/aromatic N) is 2. The SMILES string of the molecule is CC1CC(N=C=O)CCN1S(=O)(=O)C1CCOCC1. The highest BCUT2D eigenvalue weighted by Gasteiger charge is 2.38. The molecule has 2 atom stereocenters. The molecule has 0 aliphatic carbocycles. The minimum absolute atomic E-state index is 0.0892. The molecule has 0 N–H and O–H groups in total. The predicted molar refractivity (Wildman–Crippen MR) is 70.1 cm³/mol. The van der Waals surface area contributed by atoms with Gasteiger partial charge in [-0.05, 0) is 32.6 Å². The van der Waals surface area contributed by atoms with E-state index in [1.54, 1.807) is 10.4 Å². The van der Waals surface area contributed by atoms with Crippen molar-refractivity contribution >= 4 is 16.1 Å². The van der Waals surface area contributed by atoms with Gasteiger partial charge in [-0.15, -0.1) is 0 Å². The summed E-state index contributed by atoms with van der Waals surface area (Å²) in [5.41, 5.74) is 0. The van der Waals surface area contributed by atoms with Gasteiger partial charge < -0.3 is 4.74 Å². The summed E-state index contributed by atoms with van der Waals surface area (Å²) >= 11 is 0. The Bertz CT molecular complexity index is 452. The van der Waals surface area contributed by atoms with Gasteiger partial charge in [0.15, 0.2) is 0 Å². The van der Waals surface area contributed by atoms with Gasteiger partial charge in [-0.1, -0.05) is 0 Å². The van der Waals surface area contributed by atoms with Crippen LogP contribution in [0.4, 0.5) is 0 Å². The minimum atomic E-state index is -3.26. The van der Waals surface area contributed by atoms with Crippen molar-refractivity contribution < 1.29 is 17.9 Å². The summed E-state index contributed by atoms with van der Waals surface area (Å²) in [4.78, 5) is 14.0. The largest absolute Gasteiger partial charge is 0.381 e. The highest BCUT2D eigenvalue weighted by molar-refractivity contribution is 7.89. The zero-order valence-corrected chi connectivity index (χ0v) is 11.9. The van der Waals surface area contributed by atoms with Crippen LogP contribution in [-0.4, -0.2) is 55.9 Å². The number of isocyanates is 1. The smallest absolute Gasteiger partial charge is 0.235 e. The normalized spacial score (nSPS) is 30.8. The van der Waals surface area contributed by atoms with Crippen LogP contribution < -0.4 is 0 Å². The van der Waals surface area contributed by atoms with Crippen molar-refractivity contribution in [1.82, 2.24) is 4.31 Å². The van der Waals surface area contributed by atoms with E-state index in [1.165, 1.54) is 0 Å². The van der Waals surface area contributed by atoms with E-state index < -0.39 is 10.0 Å². The number of aliphatic imine (C=N–C) groups is 1. The van der Waals surface area contributed by atoms with Gasteiger partial charge in [-0.2, -0.15) is 4.31 Å². The predicted octanol–water partition coefficient (Wildman–Crippen LogP) is 0.684. The number of carbonyl (C=O) groups excluding carboxylic acids is 1. The summed E-state index contributed by atoms with van der Waals surface area (Å²) in [5.74, 6) is 0. The first-order valence-corrected chi connectivity index (χ1v) is 8.21. The third-order valence-corrected chi connectivity index (χ3v) is 6.45. The third kappa shape index (κ3) is 3.23. The Morgan fingerprint density at radius 1 is 1.26 bits per heavy atom. The molecule has 0 saturated carbocycles. The first kappa shape index (κ1) is 14.7. The minimum Gasteiger partial charge on any atom is -0.381 e. The number of sulfonamides is 1. The van der Waals surface area contributed by atoms with Crippen molar-refractivity contribution in [2.24, 2.45) is 4.99 Å². The van der Waals surface area contributed by atoms with Crippen LogP contribution in [0.25, 0.3) is 0 Å². The maximum Gasteiger partial charge on any atom is 0.235 e. The lowest BCUT2D eigenvalue weighted by Crippen LogP contribution is -2.50.